The third kappa shape index (κ3) is 2.45. The quantitative estimate of drug-likeness (QED) is 0.890. The fraction of sp³-hybridized carbons (Fsp3) is 0.235. The first-order valence-electron chi connectivity index (χ1n) is 7.05. The highest BCUT2D eigenvalue weighted by Gasteiger charge is 2.28. The smallest absolute Gasteiger partial charge is 0.341 e. The molecule has 1 aromatic heterocycles. The molecule has 0 bridgehead atoms. The zero-order valence-corrected chi connectivity index (χ0v) is 12.1. The molecular formula is C17H15NO4. The Morgan fingerprint density at radius 1 is 1.23 bits per heavy atom. The van der Waals surface area contributed by atoms with Gasteiger partial charge in [0, 0.05) is 17.7 Å². The molecule has 0 radical (unpaired) electrons. The van der Waals surface area contributed by atoms with Gasteiger partial charge in [-0.25, -0.2) is 4.79 Å². The van der Waals surface area contributed by atoms with E-state index in [4.69, 9.17) is 5.11 Å². The first kappa shape index (κ1) is 14.3. The number of nitrogens with one attached hydrogen (secondary N) is 1. The van der Waals surface area contributed by atoms with Gasteiger partial charge in [0.1, 0.15) is 5.56 Å². The van der Waals surface area contributed by atoms with Crippen molar-refractivity contribution in [2.24, 2.45) is 0 Å². The van der Waals surface area contributed by atoms with E-state index in [1.165, 1.54) is 6.07 Å². The van der Waals surface area contributed by atoms with Crippen LogP contribution < -0.4 is 5.56 Å². The van der Waals surface area contributed by atoms with Gasteiger partial charge in [-0.3, -0.25) is 9.59 Å². The molecule has 1 heterocycles. The second-order valence-electron chi connectivity index (χ2n) is 5.65. The lowest BCUT2D eigenvalue weighted by molar-refractivity contribution is 0.0695. The summed E-state index contributed by atoms with van der Waals surface area (Å²) >= 11 is 0. The predicted octanol–water partition coefficient (Wildman–Crippen LogP) is 2.29. The monoisotopic (exact) mass is 297 g/mol. The van der Waals surface area contributed by atoms with Crippen molar-refractivity contribution >= 4 is 11.8 Å². The van der Waals surface area contributed by atoms with Crippen LogP contribution >= 0.6 is 0 Å². The Balaban J connectivity index is 2.03. The average Bonchev–Trinajstić information content (AvgIpc) is 2.46. The molecule has 1 aliphatic carbocycles. The summed E-state index contributed by atoms with van der Waals surface area (Å²) in [5, 5.41) is 8.98. The summed E-state index contributed by atoms with van der Waals surface area (Å²) in [6.45, 7) is 1.99. The summed E-state index contributed by atoms with van der Waals surface area (Å²) in [6.07, 6.45) is 0.848. The minimum atomic E-state index is -1.32. The van der Waals surface area contributed by atoms with Gasteiger partial charge in [-0.2, -0.15) is 0 Å². The van der Waals surface area contributed by atoms with Crippen molar-refractivity contribution in [3.8, 4) is 0 Å². The molecule has 2 aromatic rings. The number of pyridine rings is 1. The van der Waals surface area contributed by atoms with Gasteiger partial charge >= 0.3 is 5.97 Å². The summed E-state index contributed by atoms with van der Waals surface area (Å²) in [4.78, 5) is 37.7. The fourth-order valence-electron chi connectivity index (χ4n) is 2.95. The molecule has 1 atom stereocenters. The van der Waals surface area contributed by atoms with Crippen LogP contribution in [0.15, 0.2) is 35.1 Å². The van der Waals surface area contributed by atoms with Crippen LogP contribution in [0.2, 0.25) is 0 Å². The van der Waals surface area contributed by atoms with E-state index in [0.717, 1.165) is 11.1 Å². The standard InChI is InChI=1S/C17H15NO4/c1-9-3-2-4-10(5-9)11-6-14-12(15(19)7-11)8-13(17(21)22)16(20)18-14/h2-5,8,11H,6-7H2,1H3,(H,18,20)(H,21,22). The zero-order valence-electron chi connectivity index (χ0n) is 12.1. The van der Waals surface area contributed by atoms with Crippen LogP contribution in [0.25, 0.3) is 0 Å². The number of Topliss-reactive ketones (excluding diaryl/α,β-unsaturated/α-hetero) is 1. The molecule has 0 amide bonds. The summed E-state index contributed by atoms with van der Waals surface area (Å²) in [5.41, 5.74) is 1.97. The van der Waals surface area contributed by atoms with Crippen molar-refractivity contribution in [1.29, 1.82) is 0 Å². The number of aryl methyl sites for hydroxylation is 1. The van der Waals surface area contributed by atoms with E-state index in [1.54, 1.807) is 0 Å². The number of carboxylic acids is 1. The Kier molecular flexibility index (Phi) is 3.41. The van der Waals surface area contributed by atoms with E-state index >= 15 is 0 Å². The molecule has 1 aromatic carbocycles. The summed E-state index contributed by atoms with van der Waals surface area (Å²) in [7, 11) is 0. The molecule has 1 aliphatic rings. The largest absolute Gasteiger partial charge is 0.477 e. The number of carbonyl (C=O) groups is 2. The summed E-state index contributed by atoms with van der Waals surface area (Å²) < 4.78 is 0. The second kappa shape index (κ2) is 5.26. The highest BCUT2D eigenvalue weighted by molar-refractivity contribution is 6.00. The Morgan fingerprint density at radius 2 is 2.00 bits per heavy atom. The normalized spacial score (nSPS) is 17.1. The van der Waals surface area contributed by atoms with Crippen molar-refractivity contribution < 1.29 is 14.7 Å². The van der Waals surface area contributed by atoms with Crippen LogP contribution in [-0.2, 0) is 6.42 Å². The van der Waals surface area contributed by atoms with Crippen LogP contribution in [0.1, 0.15) is 49.9 Å². The predicted molar refractivity (Wildman–Crippen MR) is 80.6 cm³/mol. The van der Waals surface area contributed by atoms with Gasteiger partial charge in [-0.15, -0.1) is 0 Å². The van der Waals surface area contributed by atoms with Crippen LogP contribution in [0.4, 0.5) is 0 Å². The third-order valence-corrected chi connectivity index (χ3v) is 4.05. The molecule has 22 heavy (non-hydrogen) atoms. The van der Waals surface area contributed by atoms with E-state index in [1.807, 2.05) is 31.2 Å². The van der Waals surface area contributed by atoms with Gasteiger partial charge in [-0.1, -0.05) is 29.8 Å². The van der Waals surface area contributed by atoms with Crippen molar-refractivity contribution in [2.45, 2.75) is 25.7 Å². The van der Waals surface area contributed by atoms with Gasteiger partial charge in [-0.05, 0) is 30.9 Å². The van der Waals surface area contributed by atoms with Crippen molar-refractivity contribution in [3.05, 3.63) is 68.6 Å². The Labute approximate surface area is 126 Å². The van der Waals surface area contributed by atoms with Gasteiger partial charge in [0.05, 0.1) is 0 Å². The highest BCUT2D eigenvalue weighted by atomic mass is 16.4. The number of aromatic amines is 1. The number of aromatic nitrogens is 1. The number of carboxylic acid groups (broad SMARTS) is 1. The van der Waals surface area contributed by atoms with E-state index in [-0.39, 0.29) is 17.3 Å². The average molecular weight is 297 g/mol. The van der Waals surface area contributed by atoms with Gasteiger partial charge in [0.25, 0.3) is 5.56 Å². The molecule has 0 spiro atoms. The Morgan fingerprint density at radius 3 is 2.68 bits per heavy atom. The van der Waals surface area contributed by atoms with Gasteiger partial charge < -0.3 is 10.1 Å². The molecule has 112 valence electrons. The minimum Gasteiger partial charge on any atom is -0.477 e. The van der Waals surface area contributed by atoms with Crippen LogP contribution in [0, 0.1) is 6.92 Å². The van der Waals surface area contributed by atoms with E-state index < -0.39 is 11.5 Å². The maximum Gasteiger partial charge on any atom is 0.341 e. The van der Waals surface area contributed by atoms with Crippen LogP contribution in [0.5, 0.6) is 0 Å². The van der Waals surface area contributed by atoms with E-state index in [0.29, 0.717) is 24.1 Å². The zero-order chi connectivity index (χ0) is 15.9. The molecule has 3 rings (SSSR count). The Hall–Kier alpha value is -2.69. The van der Waals surface area contributed by atoms with E-state index in [9.17, 15) is 14.4 Å². The molecule has 5 heteroatoms. The summed E-state index contributed by atoms with van der Waals surface area (Å²) in [5.74, 6) is -1.45. The molecule has 5 nitrogen and oxygen atoms in total. The van der Waals surface area contributed by atoms with Gasteiger partial charge in [0.2, 0.25) is 0 Å². The SMILES string of the molecule is Cc1cccc(C2CC(=O)c3cc(C(=O)O)c(=O)[nH]c3C2)c1. The number of benzene rings is 1. The molecule has 2 N–H and O–H groups in total. The van der Waals surface area contributed by atoms with Crippen molar-refractivity contribution in [3.63, 3.8) is 0 Å². The lowest BCUT2D eigenvalue weighted by atomic mass is 9.81. The first-order chi connectivity index (χ1) is 10.5. The minimum absolute atomic E-state index is 0.00577. The topological polar surface area (TPSA) is 87.2 Å². The molecule has 0 saturated heterocycles. The number of H-pyrrole nitrogens is 1. The van der Waals surface area contributed by atoms with Crippen molar-refractivity contribution in [1.82, 2.24) is 4.98 Å². The fourth-order valence-corrected chi connectivity index (χ4v) is 2.95. The summed E-state index contributed by atoms with van der Waals surface area (Å²) in [6, 6.07) is 9.14. The number of carbonyl (C=O) groups excluding carboxylic acids is 1. The lowest BCUT2D eigenvalue weighted by Gasteiger charge is -2.24. The first-order valence-corrected chi connectivity index (χ1v) is 7.05. The van der Waals surface area contributed by atoms with Crippen molar-refractivity contribution in [2.75, 3.05) is 0 Å². The third-order valence-electron chi connectivity index (χ3n) is 4.05. The number of hydrogen-bond donors (Lipinski definition) is 2. The van der Waals surface area contributed by atoms with Crippen LogP contribution in [-0.4, -0.2) is 21.8 Å². The number of fused-ring (bicyclic) bond motifs is 1. The number of aromatic carboxylic acids is 1. The van der Waals surface area contributed by atoms with E-state index in [2.05, 4.69) is 4.98 Å². The maximum atomic E-state index is 12.3. The Bertz CT molecular complexity index is 835. The molecule has 0 fully saturated rings. The number of hydrogen-bond acceptors (Lipinski definition) is 3. The number of rotatable bonds is 2. The lowest BCUT2D eigenvalue weighted by Crippen LogP contribution is -2.27. The molecule has 0 aliphatic heterocycles. The highest BCUT2D eigenvalue weighted by Crippen LogP contribution is 2.31. The van der Waals surface area contributed by atoms with Gasteiger partial charge in [0.15, 0.2) is 5.78 Å². The second-order valence-corrected chi connectivity index (χ2v) is 5.65. The maximum absolute atomic E-state index is 12.3. The molecular weight excluding hydrogens is 282 g/mol. The van der Waals surface area contributed by atoms with Crippen LogP contribution in [0.3, 0.4) is 0 Å². The molecule has 0 saturated carbocycles. The number of ketones is 1. The molecule has 1 unspecified atom stereocenters.